The van der Waals surface area contributed by atoms with Gasteiger partial charge in [-0.05, 0) is 52.7 Å². The third-order valence-electron chi connectivity index (χ3n) is 3.95. The highest BCUT2D eigenvalue weighted by molar-refractivity contribution is 5.89. The molecule has 25 heavy (non-hydrogen) atoms. The molecule has 0 spiro atoms. The van der Waals surface area contributed by atoms with Gasteiger partial charge in [-0.15, -0.1) is 0 Å². The molecule has 0 unspecified atom stereocenters. The first-order chi connectivity index (χ1) is 11.9. The van der Waals surface area contributed by atoms with Crippen LogP contribution in [-0.4, -0.2) is 32.4 Å². The van der Waals surface area contributed by atoms with Gasteiger partial charge in [-0.3, -0.25) is 0 Å². The Morgan fingerprint density at radius 2 is 1.52 bits per heavy atom. The molecule has 6 nitrogen and oxygen atoms in total. The van der Waals surface area contributed by atoms with Crippen molar-refractivity contribution in [3.05, 3.63) is 60.2 Å². The molecule has 0 saturated heterocycles. The Kier molecular flexibility index (Phi) is 4.35. The normalized spacial score (nSPS) is 12.0. The van der Waals surface area contributed by atoms with Crippen LogP contribution in [0.15, 0.2) is 54.6 Å². The van der Waals surface area contributed by atoms with Gasteiger partial charge in [0, 0.05) is 12.1 Å². The van der Waals surface area contributed by atoms with E-state index in [1.165, 1.54) is 24.3 Å². The average Bonchev–Trinajstić information content (AvgIpc) is 2.57. The predicted molar refractivity (Wildman–Crippen MR) is 94.1 cm³/mol. The quantitative estimate of drug-likeness (QED) is 0.457. The van der Waals surface area contributed by atoms with Crippen molar-refractivity contribution in [3.8, 4) is 17.2 Å². The van der Waals surface area contributed by atoms with E-state index >= 15 is 0 Å². The summed E-state index contributed by atoms with van der Waals surface area (Å²) in [5.41, 5.74) is 1.37. The van der Waals surface area contributed by atoms with Gasteiger partial charge in [-0.1, -0.05) is 18.2 Å². The van der Waals surface area contributed by atoms with Crippen LogP contribution >= 0.6 is 0 Å². The van der Waals surface area contributed by atoms with Crippen LogP contribution in [0.5, 0.6) is 17.2 Å². The summed E-state index contributed by atoms with van der Waals surface area (Å²) in [6, 6.07) is 13.5. The summed E-state index contributed by atoms with van der Waals surface area (Å²) in [5.74, 6) is -1.31. The minimum Gasteiger partial charge on any atom is -0.508 e. The summed E-state index contributed by atoms with van der Waals surface area (Å²) >= 11 is 0. The number of hydrogen-bond donors (Lipinski definition) is 5. The van der Waals surface area contributed by atoms with Crippen molar-refractivity contribution in [1.29, 1.82) is 0 Å². The highest BCUT2D eigenvalue weighted by Crippen LogP contribution is 2.31. The molecule has 5 N–H and O–H groups in total. The Morgan fingerprint density at radius 1 is 0.880 bits per heavy atom. The molecule has 0 saturated carbocycles. The third kappa shape index (κ3) is 3.74. The molecule has 3 aromatic rings. The van der Waals surface area contributed by atoms with Gasteiger partial charge in [-0.2, -0.15) is 0 Å². The lowest BCUT2D eigenvalue weighted by Crippen LogP contribution is -2.31. The lowest BCUT2D eigenvalue weighted by molar-refractivity contribution is -0.137. The number of fused-ring (bicyclic) bond motifs is 1. The maximum Gasteiger partial charge on any atom is 0.326 e. The molecule has 3 aromatic carbocycles. The Balaban J connectivity index is 1.84. The number of carboxylic acids is 1. The van der Waals surface area contributed by atoms with Crippen molar-refractivity contribution in [2.75, 3.05) is 5.32 Å². The molecule has 0 aliphatic carbocycles. The zero-order valence-electron chi connectivity index (χ0n) is 13.2. The molecule has 0 fully saturated rings. The number of rotatable bonds is 5. The summed E-state index contributed by atoms with van der Waals surface area (Å²) in [7, 11) is 0. The van der Waals surface area contributed by atoms with E-state index in [-0.39, 0.29) is 23.7 Å². The van der Waals surface area contributed by atoms with E-state index in [2.05, 4.69) is 5.32 Å². The van der Waals surface area contributed by atoms with Crippen molar-refractivity contribution in [2.45, 2.75) is 12.5 Å². The molecule has 0 aliphatic rings. The first-order valence-electron chi connectivity index (χ1n) is 7.65. The first-order valence-corrected chi connectivity index (χ1v) is 7.65. The maximum atomic E-state index is 11.6. The van der Waals surface area contributed by atoms with Crippen LogP contribution in [0.3, 0.4) is 0 Å². The number of carbonyl (C=O) groups is 1. The van der Waals surface area contributed by atoms with Crippen molar-refractivity contribution >= 4 is 22.4 Å². The van der Waals surface area contributed by atoms with Crippen LogP contribution in [0, 0.1) is 0 Å². The van der Waals surface area contributed by atoms with Gasteiger partial charge in [-0.25, -0.2) is 4.79 Å². The second-order valence-electron chi connectivity index (χ2n) is 5.81. The second-order valence-corrected chi connectivity index (χ2v) is 5.81. The topological polar surface area (TPSA) is 110 Å². The minimum absolute atomic E-state index is 0.126. The Hall–Kier alpha value is -3.41. The summed E-state index contributed by atoms with van der Waals surface area (Å²) in [5, 5.41) is 42.3. The molecule has 128 valence electrons. The van der Waals surface area contributed by atoms with Crippen molar-refractivity contribution in [1.82, 2.24) is 0 Å². The fourth-order valence-electron chi connectivity index (χ4n) is 2.63. The largest absolute Gasteiger partial charge is 0.508 e. The number of aliphatic carboxylic acids is 1. The van der Waals surface area contributed by atoms with Gasteiger partial charge in [0.1, 0.15) is 11.8 Å². The number of nitrogens with one attached hydrogen (secondary N) is 1. The standard InChI is InChI=1S/C19H17NO5/c21-15-5-1-11(2-6-15)7-16(19(24)25)20-14-4-3-12-9-17(22)18(23)10-13(12)8-14/h1-6,8-10,16,20-23H,7H2,(H,24,25)/t16-/m0/s1. The van der Waals surface area contributed by atoms with Gasteiger partial charge in [0.25, 0.3) is 0 Å². The van der Waals surface area contributed by atoms with Gasteiger partial charge in [0.2, 0.25) is 0 Å². The molecule has 0 heterocycles. The average molecular weight is 339 g/mol. The number of anilines is 1. The minimum atomic E-state index is -0.998. The number of hydrogen-bond acceptors (Lipinski definition) is 5. The van der Waals surface area contributed by atoms with Crippen molar-refractivity contribution < 1.29 is 25.2 Å². The predicted octanol–water partition coefficient (Wildman–Crippen LogP) is 3.06. The Bertz CT molecular complexity index is 921. The molecular formula is C19H17NO5. The smallest absolute Gasteiger partial charge is 0.326 e. The van der Waals surface area contributed by atoms with E-state index in [0.29, 0.717) is 11.1 Å². The van der Waals surface area contributed by atoms with Gasteiger partial charge < -0.3 is 25.7 Å². The van der Waals surface area contributed by atoms with Crippen molar-refractivity contribution in [3.63, 3.8) is 0 Å². The van der Waals surface area contributed by atoms with Crippen LogP contribution in [0.4, 0.5) is 5.69 Å². The summed E-state index contributed by atoms with van der Waals surface area (Å²) in [6.45, 7) is 0. The SMILES string of the molecule is O=C(O)[C@H](Cc1ccc(O)cc1)Nc1ccc2cc(O)c(O)cc2c1. The van der Waals surface area contributed by atoms with Crippen LogP contribution in [0.1, 0.15) is 5.56 Å². The van der Waals surface area contributed by atoms with E-state index in [1.807, 2.05) is 0 Å². The van der Waals surface area contributed by atoms with E-state index in [4.69, 9.17) is 0 Å². The summed E-state index contributed by atoms with van der Waals surface area (Å²) < 4.78 is 0. The van der Waals surface area contributed by atoms with E-state index in [9.17, 15) is 25.2 Å². The highest BCUT2D eigenvalue weighted by atomic mass is 16.4. The number of phenols is 3. The molecule has 0 bridgehead atoms. The maximum absolute atomic E-state index is 11.6. The molecular weight excluding hydrogens is 322 g/mol. The van der Waals surface area contributed by atoms with Gasteiger partial charge in [0.05, 0.1) is 0 Å². The number of benzene rings is 3. The number of carboxylic acid groups (broad SMARTS) is 1. The number of phenolic OH excluding ortho intramolecular Hbond substituents is 3. The van der Waals surface area contributed by atoms with Crippen LogP contribution in [0.25, 0.3) is 10.8 Å². The fraction of sp³-hybridized carbons (Fsp3) is 0.105. The molecule has 6 heteroatoms. The zero-order valence-corrected chi connectivity index (χ0v) is 13.2. The Labute approximate surface area is 143 Å². The molecule has 0 aliphatic heterocycles. The lowest BCUT2D eigenvalue weighted by atomic mass is 10.0. The zero-order chi connectivity index (χ0) is 18.0. The second kappa shape index (κ2) is 6.60. The number of aromatic hydroxyl groups is 3. The Morgan fingerprint density at radius 3 is 2.16 bits per heavy atom. The van der Waals surface area contributed by atoms with Gasteiger partial charge >= 0.3 is 5.97 Å². The van der Waals surface area contributed by atoms with E-state index in [1.54, 1.807) is 30.3 Å². The summed E-state index contributed by atoms with van der Waals surface area (Å²) in [6.07, 6.45) is 0.245. The fourth-order valence-corrected chi connectivity index (χ4v) is 2.63. The van der Waals surface area contributed by atoms with E-state index < -0.39 is 12.0 Å². The van der Waals surface area contributed by atoms with Crippen LogP contribution in [0.2, 0.25) is 0 Å². The molecule has 0 radical (unpaired) electrons. The summed E-state index contributed by atoms with van der Waals surface area (Å²) in [4.78, 5) is 11.6. The molecule has 3 rings (SSSR count). The lowest BCUT2D eigenvalue weighted by Gasteiger charge is -2.16. The highest BCUT2D eigenvalue weighted by Gasteiger charge is 2.18. The third-order valence-corrected chi connectivity index (χ3v) is 3.95. The molecule has 0 aromatic heterocycles. The van der Waals surface area contributed by atoms with Crippen molar-refractivity contribution in [2.24, 2.45) is 0 Å². The monoisotopic (exact) mass is 339 g/mol. The van der Waals surface area contributed by atoms with Crippen LogP contribution in [-0.2, 0) is 11.2 Å². The molecule has 1 atom stereocenters. The first kappa shape index (κ1) is 16.4. The van der Waals surface area contributed by atoms with Gasteiger partial charge in [0.15, 0.2) is 11.5 Å². The molecule has 0 amide bonds. The van der Waals surface area contributed by atoms with E-state index in [0.717, 1.165) is 10.9 Å². The van der Waals surface area contributed by atoms with Crippen LogP contribution < -0.4 is 5.32 Å².